The third-order valence-electron chi connectivity index (χ3n) is 3.06. The standard InChI is InChI=1S/C14H11NO6S/c16-14(12-2-1-3-22-12)20-7-10-5-11(15(17)18)4-9-6-19-8-21-13(9)10/h1-5H,6-8H2. The molecule has 0 radical (unpaired) electrons. The summed E-state index contributed by atoms with van der Waals surface area (Å²) in [5.74, 6) is 0.0122. The lowest BCUT2D eigenvalue weighted by atomic mass is 10.1. The molecule has 0 N–H and O–H groups in total. The average molecular weight is 321 g/mol. The monoisotopic (exact) mass is 321 g/mol. The Bertz CT molecular complexity index is 712. The number of benzene rings is 1. The van der Waals surface area contributed by atoms with E-state index in [4.69, 9.17) is 14.2 Å². The van der Waals surface area contributed by atoms with E-state index in [0.29, 0.717) is 21.8 Å². The SMILES string of the molecule is O=C(OCc1cc([N+](=O)[O-])cc2c1OCOC2)c1cccs1. The molecule has 0 amide bonds. The Morgan fingerprint density at radius 3 is 3.05 bits per heavy atom. The van der Waals surface area contributed by atoms with Gasteiger partial charge in [-0.2, -0.15) is 0 Å². The van der Waals surface area contributed by atoms with Crippen LogP contribution in [0.15, 0.2) is 29.6 Å². The van der Waals surface area contributed by atoms with Crippen molar-refractivity contribution in [2.24, 2.45) is 0 Å². The topological polar surface area (TPSA) is 87.9 Å². The first-order valence-electron chi connectivity index (χ1n) is 6.36. The molecule has 3 rings (SSSR count). The molecule has 0 saturated heterocycles. The Kier molecular flexibility index (Phi) is 4.03. The molecule has 8 heteroatoms. The minimum absolute atomic E-state index is 0.0662. The van der Waals surface area contributed by atoms with Crippen molar-refractivity contribution in [2.45, 2.75) is 13.2 Å². The van der Waals surface area contributed by atoms with E-state index in [1.165, 1.54) is 23.5 Å². The van der Waals surface area contributed by atoms with Crippen LogP contribution in [0.4, 0.5) is 5.69 Å². The minimum Gasteiger partial charge on any atom is -0.467 e. The number of nitrogens with zero attached hydrogens (tertiary/aromatic N) is 1. The van der Waals surface area contributed by atoms with Crippen molar-refractivity contribution in [3.63, 3.8) is 0 Å². The van der Waals surface area contributed by atoms with E-state index in [1.807, 2.05) is 0 Å². The van der Waals surface area contributed by atoms with Crippen LogP contribution in [0.1, 0.15) is 20.8 Å². The number of nitro benzene ring substituents is 1. The van der Waals surface area contributed by atoms with Crippen LogP contribution < -0.4 is 4.74 Å². The van der Waals surface area contributed by atoms with Crippen LogP contribution in [0.25, 0.3) is 0 Å². The highest BCUT2D eigenvalue weighted by atomic mass is 32.1. The molecule has 1 aromatic carbocycles. The van der Waals surface area contributed by atoms with Crippen molar-refractivity contribution in [1.29, 1.82) is 0 Å². The van der Waals surface area contributed by atoms with Crippen molar-refractivity contribution < 1.29 is 23.9 Å². The summed E-state index contributed by atoms with van der Waals surface area (Å²) in [6.45, 7) is 0.195. The number of carbonyl (C=O) groups is 1. The number of hydrogen-bond donors (Lipinski definition) is 0. The maximum Gasteiger partial charge on any atom is 0.348 e. The summed E-state index contributed by atoms with van der Waals surface area (Å²) in [5.41, 5.74) is 0.940. The smallest absolute Gasteiger partial charge is 0.348 e. The molecule has 22 heavy (non-hydrogen) atoms. The number of fused-ring (bicyclic) bond motifs is 1. The van der Waals surface area contributed by atoms with E-state index in [2.05, 4.69) is 0 Å². The number of rotatable bonds is 4. The maximum absolute atomic E-state index is 11.9. The van der Waals surface area contributed by atoms with Gasteiger partial charge < -0.3 is 14.2 Å². The normalized spacial score (nSPS) is 13.1. The van der Waals surface area contributed by atoms with Gasteiger partial charge in [0.2, 0.25) is 0 Å². The molecule has 0 aliphatic carbocycles. The Morgan fingerprint density at radius 1 is 1.45 bits per heavy atom. The predicted octanol–water partition coefficient (Wildman–Crippen LogP) is 2.88. The summed E-state index contributed by atoms with van der Waals surface area (Å²) in [4.78, 5) is 22.8. The largest absolute Gasteiger partial charge is 0.467 e. The number of thiophene rings is 1. The van der Waals surface area contributed by atoms with Gasteiger partial charge in [-0.1, -0.05) is 6.07 Å². The fourth-order valence-electron chi connectivity index (χ4n) is 2.10. The molecule has 2 aromatic rings. The molecule has 1 aliphatic rings. The molecule has 0 bridgehead atoms. The second-order valence-electron chi connectivity index (χ2n) is 4.51. The van der Waals surface area contributed by atoms with Crippen LogP contribution in [0.2, 0.25) is 0 Å². The van der Waals surface area contributed by atoms with Crippen molar-refractivity contribution in [3.8, 4) is 5.75 Å². The zero-order valence-corrected chi connectivity index (χ0v) is 12.1. The van der Waals surface area contributed by atoms with Crippen LogP contribution >= 0.6 is 11.3 Å². The van der Waals surface area contributed by atoms with Crippen LogP contribution in [0.5, 0.6) is 5.75 Å². The molecule has 7 nitrogen and oxygen atoms in total. The van der Waals surface area contributed by atoms with Gasteiger partial charge in [0.1, 0.15) is 17.2 Å². The van der Waals surface area contributed by atoms with Crippen molar-refractivity contribution >= 4 is 23.0 Å². The number of non-ortho nitro benzene ring substituents is 1. The van der Waals surface area contributed by atoms with Gasteiger partial charge in [-0.15, -0.1) is 11.3 Å². The zero-order chi connectivity index (χ0) is 15.5. The second kappa shape index (κ2) is 6.12. The maximum atomic E-state index is 11.9. The van der Waals surface area contributed by atoms with Crippen molar-refractivity contribution in [2.75, 3.05) is 6.79 Å². The fourth-order valence-corrected chi connectivity index (χ4v) is 2.72. The molecule has 2 heterocycles. The van der Waals surface area contributed by atoms with E-state index in [-0.39, 0.29) is 25.7 Å². The third kappa shape index (κ3) is 2.92. The minimum atomic E-state index is -0.501. The molecule has 0 spiro atoms. The van der Waals surface area contributed by atoms with Crippen molar-refractivity contribution in [1.82, 2.24) is 0 Å². The third-order valence-corrected chi connectivity index (χ3v) is 3.91. The number of hydrogen-bond acceptors (Lipinski definition) is 7. The van der Waals surface area contributed by atoms with Crippen LogP contribution in [-0.4, -0.2) is 17.7 Å². The molecular weight excluding hydrogens is 310 g/mol. The molecule has 1 aliphatic heterocycles. The quantitative estimate of drug-likeness (QED) is 0.489. The Morgan fingerprint density at radius 2 is 2.32 bits per heavy atom. The van der Waals surface area contributed by atoms with Crippen LogP contribution in [0.3, 0.4) is 0 Å². The number of nitro groups is 1. The van der Waals surface area contributed by atoms with E-state index in [1.54, 1.807) is 17.5 Å². The van der Waals surface area contributed by atoms with Gasteiger partial charge in [0.05, 0.1) is 11.5 Å². The highest BCUT2D eigenvalue weighted by Crippen LogP contribution is 2.33. The summed E-state index contributed by atoms with van der Waals surface area (Å²) in [5, 5.41) is 12.8. The first-order chi connectivity index (χ1) is 10.6. The van der Waals surface area contributed by atoms with Gasteiger partial charge in [-0.25, -0.2) is 4.79 Å². The molecule has 114 valence electrons. The van der Waals surface area contributed by atoms with E-state index < -0.39 is 10.9 Å². The van der Waals surface area contributed by atoms with Gasteiger partial charge in [0.25, 0.3) is 5.69 Å². The van der Waals surface area contributed by atoms with Gasteiger partial charge in [0.15, 0.2) is 6.79 Å². The summed E-state index contributed by atoms with van der Waals surface area (Å²) in [6, 6.07) is 6.15. The summed E-state index contributed by atoms with van der Waals surface area (Å²) in [6.07, 6.45) is 0. The number of esters is 1. The summed E-state index contributed by atoms with van der Waals surface area (Å²) < 4.78 is 15.7. The van der Waals surface area contributed by atoms with Crippen LogP contribution in [-0.2, 0) is 22.7 Å². The lowest BCUT2D eigenvalue weighted by Crippen LogP contribution is -2.14. The molecule has 1 aromatic heterocycles. The molecular formula is C14H11NO6S. The second-order valence-corrected chi connectivity index (χ2v) is 5.46. The van der Waals surface area contributed by atoms with Crippen molar-refractivity contribution in [3.05, 3.63) is 55.8 Å². The number of carbonyl (C=O) groups excluding carboxylic acids is 1. The van der Waals surface area contributed by atoms with E-state index >= 15 is 0 Å². The Hall–Kier alpha value is -2.45. The van der Waals surface area contributed by atoms with E-state index in [9.17, 15) is 14.9 Å². The summed E-state index contributed by atoms with van der Waals surface area (Å²) >= 11 is 1.27. The Labute approximate surface area is 129 Å². The first-order valence-corrected chi connectivity index (χ1v) is 7.24. The van der Waals surface area contributed by atoms with Crippen LogP contribution in [0, 0.1) is 10.1 Å². The lowest BCUT2D eigenvalue weighted by Gasteiger charge is -2.20. The zero-order valence-electron chi connectivity index (χ0n) is 11.3. The highest BCUT2D eigenvalue weighted by molar-refractivity contribution is 7.11. The highest BCUT2D eigenvalue weighted by Gasteiger charge is 2.22. The fraction of sp³-hybridized carbons (Fsp3) is 0.214. The molecule has 0 unspecified atom stereocenters. The van der Waals surface area contributed by atoms with Gasteiger partial charge in [0, 0.05) is 23.3 Å². The molecule has 0 atom stereocenters. The average Bonchev–Trinajstić information content (AvgIpc) is 3.06. The first kappa shape index (κ1) is 14.5. The van der Waals surface area contributed by atoms with Gasteiger partial charge in [-0.3, -0.25) is 10.1 Å². The van der Waals surface area contributed by atoms with Gasteiger partial charge in [-0.05, 0) is 11.4 Å². The Balaban J connectivity index is 1.84. The van der Waals surface area contributed by atoms with E-state index in [0.717, 1.165) is 0 Å². The molecule has 0 saturated carbocycles. The molecule has 0 fully saturated rings. The lowest BCUT2D eigenvalue weighted by molar-refractivity contribution is -0.385. The predicted molar refractivity (Wildman–Crippen MR) is 76.8 cm³/mol. The summed E-state index contributed by atoms with van der Waals surface area (Å²) in [7, 11) is 0. The number of ether oxygens (including phenoxy) is 3. The van der Waals surface area contributed by atoms with Gasteiger partial charge >= 0.3 is 5.97 Å².